The van der Waals surface area contributed by atoms with Crippen molar-refractivity contribution in [3.05, 3.63) is 54.6 Å². The van der Waals surface area contributed by atoms with E-state index in [1.807, 2.05) is 54.6 Å². The lowest BCUT2D eigenvalue weighted by atomic mass is 9.79. The van der Waals surface area contributed by atoms with Crippen LogP contribution in [0.3, 0.4) is 0 Å². The van der Waals surface area contributed by atoms with Crippen LogP contribution in [0.5, 0.6) is 5.75 Å². The van der Waals surface area contributed by atoms with Crippen LogP contribution < -0.4 is 4.74 Å². The molecule has 2 atom stereocenters. The van der Waals surface area contributed by atoms with Gasteiger partial charge in [-0.3, -0.25) is 9.59 Å². The predicted octanol–water partition coefficient (Wildman–Crippen LogP) is 6.19. The molecule has 1 saturated carbocycles. The van der Waals surface area contributed by atoms with Gasteiger partial charge in [-0.1, -0.05) is 87.6 Å². The highest BCUT2D eigenvalue weighted by Crippen LogP contribution is 2.35. The Hall–Kier alpha value is -2.62. The van der Waals surface area contributed by atoms with Gasteiger partial charge in [0.25, 0.3) is 0 Å². The topological polar surface area (TPSA) is 52.6 Å². The number of carbonyl (C=O) groups excluding carboxylic acids is 2. The van der Waals surface area contributed by atoms with Crippen LogP contribution in [0.25, 0.3) is 11.1 Å². The van der Waals surface area contributed by atoms with Crippen LogP contribution in [-0.4, -0.2) is 18.5 Å². The molecular formula is C26H32O4. The monoisotopic (exact) mass is 408 g/mol. The zero-order valence-electron chi connectivity index (χ0n) is 17.8. The second kappa shape index (κ2) is 11.5. The molecule has 0 radical (unpaired) electrons. The highest BCUT2D eigenvalue weighted by molar-refractivity contribution is 5.85. The lowest BCUT2D eigenvalue weighted by Gasteiger charge is -2.28. The summed E-state index contributed by atoms with van der Waals surface area (Å²) in [5, 5.41) is 0. The maximum absolute atomic E-state index is 13.1. The summed E-state index contributed by atoms with van der Waals surface area (Å²) in [4.78, 5) is 25.7. The number of para-hydroxylation sites is 1. The number of carbonyl (C=O) groups is 2. The molecule has 0 heterocycles. The van der Waals surface area contributed by atoms with Crippen LogP contribution in [0.15, 0.2) is 54.6 Å². The summed E-state index contributed by atoms with van der Waals surface area (Å²) < 4.78 is 11.3. The van der Waals surface area contributed by atoms with Gasteiger partial charge in [0.15, 0.2) is 0 Å². The number of ether oxygens (including phenoxy) is 2. The summed E-state index contributed by atoms with van der Waals surface area (Å²) in [6.07, 6.45) is 7.48. The van der Waals surface area contributed by atoms with Crippen molar-refractivity contribution in [2.45, 2.75) is 58.3 Å². The Morgan fingerprint density at radius 2 is 1.50 bits per heavy atom. The van der Waals surface area contributed by atoms with Crippen molar-refractivity contribution >= 4 is 11.9 Å². The fraction of sp³-hybridized carbons (Fsp3) is 0.462. The molecule has 1 fully saturated rings. The molecule has 3 rings (SSSR count). The molecule has 0 amide bonds. The average Bonchev–Trinajstić information content (AvgIpc) is 2.79. The molecule has 1 aliphatic carbocycles. The first-order valence-electron chi connectivity index (χ1n) is 11.2. The third-order valence-electron chi connectivity index (χ3n) is 5.80. The Morgan fingerprint density at radius 1 is 0.833 bits per heavy atom. The van der Waals surface area contributed by atoms with Gasteiger partial charge >= 0.3 is 11.9 Å². The van der Waals surface area contributed by atoms with E-state index in [2.05, 4.69) is 6.92 Å². The molecule has 4 heteroatoms. The van der Waals surface area contributed by atoms with Gasteiger partial charge in [-0.2, -0.15) is 0 Å². The van der Waals surface area contributed by atoms with Crippen molar-refractivity contribution in [2.24, 2.45) is 11.8 Å². The molecule has 2 unspecified atom stereocenters. The first kappa shape index (κ1) is 22.1. The molecule has 0 aromatic heterocycles. The normalized spacial score (nSPS) is 18.6. The van der Waals surface area contributed by atoms with Gasteiger partial charge in [0.2, 0.25) is 0 Å². The van der Waals surface area contributed by atoms with Crippen LogP contribution in [-0.2, 0) is 14.3 Å². The second-order valence-corrected chi connectivity index (χ2v) is 8.01. The molecule has 0 N–H and O–H groups in total. The molecule has 30 heavy (non-hydrogen) atoms. The van der Waals surface area contributed by atoms with Crippen molar-refractivity contribution < 1.29 is 19.1 Å². The third-order valence-corrected chi connectivity index (χ3v) is 5.80. The summed E-state index contributed by atoms with van der Waals surface area (Å²) in [5.74, 6) is -0.881. The fourth-order valence-corrected chi connectivity index (χ4v) is 4.10. The number of unbranched alkanes of at least 4 members (excludes halogenated alkanes) is 3. The Bertz CT molecular complexity index is 815. The predicted molar refractivity (Wildman–Crippen MR) is 118 cm³/mol. The Labute approximate surface area is 179 Å². The second-order valence-electron chi connectivity index (χ2n) is 8.01. The van der Waals surface area contributed by atoms with E-state index < -0.39 is 11.8 Å². The SMILES string of the molecule is CCCCCCOC(=O)C1CCCCC1C(=O)Oc1ccccc1-c1ccccc1. The smallest absolute Gasteiger partial charge is 0.315 e. The summed E-state index contributed by atoms with van der Waals surface area (Å²) in [7, 11) is 0. The lowest BCUT2D eigenvalue weighted by molar-refractivity contribution is -0.158. The van der Waals surface area contributed by atoms with Crippen molar-refractivity contribution in [1.29, 1.82) is 0 Å². The van der Waals surface area contributed by atoms with Crippen molar-refractivity contribution in [1.82, 2.24) is 0 Å². The quantitative estimate of drug-likeness (QED) is 0.282. The van der Waals surface area contributed by atoms with E-state index in [9.17, 15) is 9.59 Å². The van der Waals surface area contributed by atoms with Crippen LogP contribution in [0.4, 0.5) is 0 Å². The van der Waals surface area contributed by atoms with E-state index in [0.717, 1.165) is 49.7 Å². The number of rotatable bonds is 9. The van der Waals surface area contributed by atoms with Gasteiger partial charge in [-0.25, -0.2) is 0 Å². The van der Waals surface area contributed by atoms with Gasteiger partial charge in [-0.15, -0.1) is 0 Å². The Kier molecular flexibility index (Phi) is 8.49. The molecule has 0 aliphatic heterocycles. The van der Waals surface area contributed by atoms with Gasteiger partial charge in [0.1, 0.15) is 5.75 Å². The first-order valence-corrected chi connectivity index (χ1v) is 11.2. The van der Waals surface area contributed by atoms with Crippen molar-refractivity contribution in [3.63, 3.8) is 0 Å². The largest absolute Gasteiger partial charge is 0.465 e. The maximum atomic E-state index is 13.1. The van der Waals surface area contributed by atoms with Gasteiger partial charge in [0.05, 0.1) is 18.4 Å². The van der Waals surface area contributed by atoms with Crippen LogP contribution in [0.2, 0.25) is 0 Å². The zero-order chi connectivity index (χ0) is 21.2. The van der Waals surface area contributed by atoms with E-state index in [4.69, 9.17) is 9.47 Å². The van der Waals surface area contributed by atoms with E-state index in [0.29, 0.717) is 25.2 Å². The molecule has 1 aliphatic rings. The first-order chi connectivity index (χ1) is 14.7. The highest BCUT2D eigenvalue weighted by Gasteiger charge is 2.38. The summed E-state index contributed by atoms with van der Waals surface area (Å²) in [6.45, 7) is 2.59. The van der Waals surface area contributed by atoms with Gasteiger partial charge in [0, 0.05) is 5.56 Å². The molecule has 0 saturated heterocycles. The summed E-state index contributed by atoms with van der Waals surface area (Å²) in [6, 6.07) is 17.4. The van der Waals surface area contributed by atoms with Crippen molar-refractivity contribution in [2.75, 3.05) is 6.61 Å². The fourth-order valence-electron chi connectivity index (χ4n) is 4.10. The minimum absolute atomic E-state index is 0.246. The number of benzene rings is 2. The molecule has 2 aromatic rings. The van der Waals surface area contributed by atoms with E-state index in [-0.39, 0.29) is 11.9 Å². The molecular weight excluding hydrogens is 376 g/mol. The van der Waals surface area contributed by atoms with E-state index >= 15 is 0 Å². The van der Waals surface area contributed by atoms with Crippen LogP contribution in [0, 0.1) is 11.8 Å². The van der Waals surface area contributed by atoms with Crippen LogP contribution in [0.1, 0.15) is 58.3 Å². The highest BCUT2D eigenvalue weighted by atomic mass is 16.5. The Balaban J connectivity index is 1.66. The summed E-state index contributed by atoms with van der Waals surface area (Å²) in [5.41, 5.74) is 1.87. The van der Waals surface area contributed by atoms with E-state index in [1.54, 1.807) is 0 Å². The maximum Gasteiger partial charge on any atom is 0.315 e. The summed E-state index contributed by atoms with van der Waals surface area (Å²) >= 11 is 0. The molecule has 4 nitrogen and oxygen atoms in total. The van der Waals surface area contributed by atoms with Gasteiger partial charge < -0.3 is 9.47 Å². The molecule has 160 valence electrons. The minimum atomic E-state index is -0.439. The van der Waals surface area contributed by atoms with Gasteiger partial charge in [-0.05, 0) is 30.9 Å². The Morgan fingerprint density at radius 3 is 2.23 bits per heavy atom. The number of hydrogen-bond donors (Lipinski definition) is 0. The average molecular weight is 409 g/mol. The number of hydrogen-bond acceptors (Lipinski definition) is 4. The molecule has 0 bridgehead atoms. The minimum Gasteiger partial charge on any atom is -0.465 e. The van der Waals surface area contributed by atoms with E-state index in [1.165, 1.54) is 0 Å². The third kappa shape index (κ3) is 5.94. The standard InChI is InChI=1S/C26H32O4/c1-2-3-4-12-19-29-25(27)22-16-8-9-17-23(22)26(28)30-24-18-11-10-15-21(24)20-13-6-5-7-14-20/h5-7,10-11,13-15,18,22-23H,2-4,8-9,12,16-17,19H2,1H3. The van der Waals surface area contributed by atoms with Crippen LogP contribution >= 0.6 is 0 Å². The van der Waals surface area contributed by atoms with Crippen molar-refractivity contribution in [3.8, 4) is 16.9 Å². The zero-order valence-corrected chi connectivity index (χ0v) is 17.8. The molecule has 0 spiro atoms. The number of esters is 2. The lowest BCUT2D eigenvalue weighted by Crippen LogP contribution is -2.36. The molecule has 2 aromatic carbocycles.